The Morgan fingerprint density at radius 3 is 1.68 bits per heavy atom. The van der Waals surface area contributed by atoms with Gasteiger partial charge in [-0.1, -0.05) is 24.3 Å². The second-order valence-corrected chi connectivity index (χ2v) is 10.5. The number of nitrogens with zero attached hydrogens (tertiary/aromatic N) is 4. The quantitative estimate of drug-likeness (QED) is 0.505. The zero-order valence-electron chi connectivity index (χ0n) is 21.8. The lowest BCUT2D eigenvalue weighted by molar-refractivity contribution is 0.223. The van der Waals surface area contributed by atoms with Crippen LogP contribution < -0.4 is 10.6 Å². The van der Waals surface area contributed by atoms with E-state index in [2.05, 4.69) is 44.9 Å². The topological polar surface area (TPSA) is 58.0 Å². The summed E-state index contributed by atoms with van der Waals surface area (Å²) in [5.74, 6) is 0.261. The number of hydrogen-bond acceptors (Lipinski definition) is 5. The van der Waals surface area contributed by atoms with Crippen LogP contribution in [0.3, 0.4) is 0 Å². The van der Waals surface area contributed by atoms with Gasteiger partial charge in [-0.2, -0.15) is 0 Å². The van der Waals surface area contributed by atoms with Crippen LogP contribution in [0.15, 0.2) is 48.6 Å². The van der Waals surface area contributed by atoms with Crippen LogP contribution >= 0.6 is 0 Å². The van der Waals surface area contributed by atoms with Gasteiger partial charge in [0.2, 0.25) is 0 Å². The molecule has 0 spiro atoms. The standard InChI is InChI=1S/C30H34F2N6/c1-37-16-10-24(11-17-37)38-29(25-4-2-22(18-27(25)31)20-6-12-33-13-7-20)35-36-30(38)26-5-3-23(19-28(26)32)21-8-14-34-15-9-21/h2-6,8,18-19,24,33-34H,7,9-17H2,1H3. The summed E-state index contributed by atoms with van der Waals surface area (Å²) in [6, 6.07) is 10.8. The van der Waals surface area contributed by atoms with E-state index in [4.69, 9.17) is 0 Å². The Bertz CT molecular complexity index is 1290. The lowest BCUT2D eigenvalue weighted by Gasteiger charge is -2.31. The maximum atomic E-state index is 15.6. The van der Waals surface area contributed by atoms with Gasteiger partial charge in [0.05, 0.1) is 11.1 Å². The van der Waals surface area contributed by atoms with E-state index in [1.54, 1.807) is 24.3 Å². The van der Waals surface area contributed by atoms with Crippen LogP contribution in [-0.4, -0.2) is 66.0 Å². The molecule has 1 fully saturated rings. The number of rotatable bonds is 5. The second kappa shape index (κ2) is 10.9. The monoisotopic (exact) mass is 516 g/mol. The van der Waals surface area contributed by atoms with E-state index < -0.39 is 0 Å². The van der Waals surface area contributed by atoms with Crippen molar-refractivity contribution >= 4 is 11.1 Å². The van der Waals surface area contributed by atoms with E-state index in [9.17, 15) is 0 Å². The number of hydrogen-bond donors (Lipinski definition) is 2. The molecule has 8 heteroatoms. The average Bonchev–Trinajstić information content (AvgIpc) is 3.38. The van der Waals surface area contributed by atoms with Crippen molar-refractivity contribution in [3.8, 4) is 22.8 Å². The summed E-state index contributed by atoms with van der Waals surface area (Å²) in [4.78, 5) is 2.28. The van der Waals surface area contributed by atoms with Gasteiger partial charge < -0.3 is 20.1 Å². The summed E-state index contributed by atoms with van der Waals surface area (Å²) >= 11 is 0. The molecule has 0 unspecified atom stereocenters. The predicted octanol–water partition coefficient (Wildman–Crippen LogP) is 4.91. The van der Waals surface area contributed by atoms with Crippen molar-refractivity contribution in [2.75, 3.05) is 46.3 Å². The van der Waals surface area contributed by atoms with Gasteiger partial charge in [0.25, 0.3) is 0 Å². The Kier molecular flexibility index (Phi) is 7.19. The molecule has 198 valence electrons. The highest BCUT2D eigenvalue weighted by atomic mass is 19.1. The van der Waals surface area contributed by atoms with Crippen molar-refractivity contribution in [3.63, 3.8) is 0 Å². The van der Waals surface area contributed by atoms with Crippen LogP contribution in [0.4, 0.5) is 8.78 Å². The summed E-state index contributed by atoms with van der Waals surface area (Å²) in [5, 5.41) is 15.5. The minimum Gasteiger partial charge on any atom is -0.313 e. The van der Waals surface area contributed by atoms with Crippen LogP contribution in [0.1, 0.15) is 42.9 Å². The van der Waals surface area contributed by atoms with E-state index in [0.717, 1.165) is 87.2 Å². The summed E-state index contributed by atoms with van der Waals surface area (Å²) in [6.45, 7) is 5.20. The van der Waals surface area contributed by atoms with E-state index in [1.807, 2.05) is 16.7 Å². The fourth-order valence-corrected chi connectivity index (χ4v) is 5.82. The van der Waals surface area contributed by atoms with Crippen molar-refractivity contribution in [2.24, 2.45) is 0 Å². The highest BCUT2D eigenvalue weighted by Gasteiger charge is 2.28. The maximum Gasteiger partial charge on any atom is 0.167 e. The van der Waals surface area contributed by atoms with E-state index in [1.165, 1.54) is 0 Å². The first kappa shape index (κ1) is 25.1. The normalized spacial score (nSPS) is 19.3. The molecule has 1 aromatic heterocycles. The van der Waals surface area contributed by atoms with Crippen LogP contribution in [0, 0.1) is 11.6 Å². The van der Waals surface area contributed by atoms with Gasteiger partial charge in [0, 0.05) is 19.1 Å². The average molecular weight is 517 g/mol. The van der Waals surface area contributed by atoms with Crippen molar-refractivity contribution in [1.82, 2.24) is 30.3 Å². The molecule has 3 aliphatic heterocycles. The first-order chi connectivity index (χ1) is 18.6. The van der Waals surface area contributed by atoms with Gasteiger partial charge in [0.1, 0.15) is 11.6 Å². The fraction of sp³-hybridized carbons (Fsp3) is 0.400. The molecule has 3 aliphatic rings. The van der Waals surface area contributed by atoms with Crippen LogP contribution in [-0.2, 0) is 0 Å². The van der Waals surface area contributed by atoms with Crippen LogP contribution in [0.25, 0.3) is 33.9 Å². The number of nitrogens with one attached hydrogen (secondary N) is 2. The number of benzene rings is 2. The molecule has 0 aliphatic carbocycles. The Morgan fingerprint density at radius 2 is 1.26 bits per heavy atom. The van der Waals surface area contributed by atoms with Crippen LogP contribution in [0.2, 0.25) is 0 Å². The smallest absolute Gasteiger partial charge is 0.167 e. The SMILES string of the molecule is CN1CCC(n2c(-c3ccc(C4=CCNCC4)cc3F)nnc2-c2ccc(C3=CCNCC3)cc2F)CC1. The molecule has 0 bridgehead atoms. The number of piperidine rings is 1. The van der Waals surface area contributed by atoms with Crippen molar-refractivity contribution in [3.05, 3.63) is 71.3 Å². The molecule has 2 N–H and O–H groups in total. The third-order valence-electron chi connectivity index (χ3n) is 8.04. The van der Waals surface area contributed by atoms with Gasteiger partial charge in [-0.15, -0.1) is 10.2 Å². The summed E-state index contributed by atoms with van der Waals surface area (Å²) in [7, 11) is 2.10. The zero-order chi connectivity index (χ0) is 26.1. The number of halogens is 2. The molecule has 0 radical (unpaired) electrons. The third-order valence-corrected chi connectivity index (χ3v) is 8.04. The van der Waals surface area contributed by atoms with Crippen molar-refractivity contribution in [1.29, 1.82) is 0 Å². The van der Waals surface area contributed by atoms with Gasteiger partial charge in [0.15, 0.2) is 11.6 Å². The fourth-order valence-electron chi connectivity index (χ4n) is 5.82. The molecule has 38 heavy (non-hydrogen) atoms. The molecule has 6 rings (SSSR count). The molecular weight excluding hydrogens is 482 g/mol. The molecule has 2 aromatic carbocycles. The Labute approximate surface area is 222 Å². The number of likely N-dealkylation sites (tertiary alicyclic amines) is 1. The van der Waals surface area contributed by atoms with E-state index in [-0.39, 0.29) is 17.7 Å². The Balaban J connectivity index is 1.41. The third kappa shape index (κ3) is 4.96. The summed E-state index contributed by atoms with van der Waals surface area (Å²) in [5.41, 5.74) is 4.89. The molecule has 1 saturated heterocycles. The molecule has 6 nitrogen and oxygen atoms in total. The summed E-state index contributed by atoms with van der Waals surface area (Å²) < 4.78 is 33.2. The van der Waals surface area contributed by atoms with Crippen LogP contribution in [0.5, 0.6) is 0 Å². The predicted molar refractivity (Wildman–Crippen MR) is 148 cm³/mol. The molecule has 4 heterocycles. The summed E-state index contributed by atoms with van der Waals surface area (Å²) in [6.07, 6.45) is 7.71. The van der Waals surface area contributed by atoms with Gasteiger partial charge in [-0.25, -0.2) is 8.78 Å². The maximum absolute atomic E-state index is 15.6. The second-order valence-electron chi connectivity index (χ2n) is 10.5. The largest absolute Gasteiger partial charge is 0.313 e. The zero-order valence-corrected chi connectivity index (χ0v) is 21.8. The highest BCUT2D eigenvalue weighted by Crippen LogP contribution is 2.36. The first-order valence-corrected chi connectivity index (χ1v) is 13.6. The van der Waals surface area contributed by atoms with Gasteiger partial charge >= 0.3 is 0 Å². The highest BCUT2D eigenvalue weighted by molar-refractivity contribution is 5.72. The molecule has 0 saturated carbocycles. The van der Waals surface area contributed by atoms with Crippen molar-refractivity contribution < 1.29 is 8.78 Å². The molecule has 0 atom stereocenters. The molecule has 3 aromatic rings. The van der Waals surface area contributed by atoms with E-state index >= 15 is 8.78 Å². The minimum absolute atomic E-state index is 0.0589. The lowest BCUT2D eigenvalue weighted by atomic mass is 9.97. The Hall–Kier alpha value is -3.20. The van der Waals surface area contributed by atoms with Gasteiger partial charge in [-0.3, -0.25) is 0 Å². The van der Waals surface area contributed by atoms with Crippen molar-refractivity contribution in [2.45, 2.75) is 31.7 Å². The van der Waals surface area contributed by atoms with Gasteiger partial charge in [-0.05, 0) is 105 Å². The Morgan fingerprint density at radius 1 is 0.763 bits per heavy atom. The van der Waals surface area contributed by atoms with E-state index in [0.29, 0.717) is 22.8 Å². The number of aromatic nitrogens is 3. The molecular formula is C30H34F2N6. The lowest BCUT2D eigenvalue weighted by Crippen LogP contribution is -2.32. The molecule has 0 amide bonds. The minimum atomic E-state index is -0.330. The first-order valence-electron chi connectivity index (χ1n) is 13.6.